The molecule has 0 bridgehead atoms. The first-order valence-corrected chi connectivity index (χ1v) is 2.95. The van der Waals surface area contributed by atoms with Crippen LogP contribution in [0.4, 0.5) is 5.82 Å². The van der Waals surface area contributed by atoms with Crippen LogP contribution in [0.5, 0.6) is 0 Å². The van der Waals surface area contributed by atoms with Crippen molar-refractivity contribution >= 4 is 11.9 Å². The van der Waals surface area contributed by atoms with E-state index in [4.69, 9.17) is 5.73 Å². The van der Waals surface area contributed by atoms with Gasteiger partial charge in [0.1, 0.15) is 5.82 Å². The molecule has 0 aliphatic carbocycles. The second kappa shape index (κ2) is 2.47. The van der Waals surface area contributed by atoms with E-state index in [1.807, 2.05) is 6.92 Å². The Morgan fingerprint density at radius 3 is 2.90 bits per heavy atom. The van der Waals surface area contributed by atoms with Crippen LogP contribution in [0, 0.1) is 6.92 Å². The minimum atomic E-state index is 0.518. The van der Waals surface area contributed by atoms with E-state index in [0.717, 1.165) is 5.56 Å². The van der Waals surface area contributed by atoms with E-state index in [1.54, 1.807) is 12.3 Å². The average Bonchev–Trinajstić information content (AvgIpc) is 1.95. The molecule has 0 aliphatic heterocycles. The van der Waals surface area contributed by atoms with Gasteiger partial charge < -0.3 is 5.73 Å². The molecule has 0 aromatic carbocycles. The zero-order valence-corrected chi connectivity index (χ0v) is 5.83. The number of anilines is 1. The minimum absolute atomic E-state index is 0.518. The van der Waals surface area contributed by atoms with Gasteiger partial charge in [0.15, 0.2) is 5.82 Å². The summed E-state index contributed by atoms with van der Waals surface area (Å²) >= 11 is 0. The second-order valence-corrected chi connectivity index (χ2v) is 2.00. The normalized spacial score (nSPS) is 9.30. The number of hydrogen-bond donors (Lipinski definition) is 1. The Hall–Kier alpha value is -1.38. The number of aryl methyl sites for hydroxylation is 1. The fourth-order valence-corrected chi connectivity index (χ4v) is 0.568. The van der Waals surface area contributed by atoms with Crippen LogP contribution in [0.3, 0.4) is 0 Å². The standard InChI is InChI=1S/C7H9N3/c1-3-6-9-4-5(2)7(8)10-6/h3-4H,1H2,2H3,(H2,8,9,10). The van der Waals surface area contributed by atoms with Crippen molar-refractivity contribution in [1.29, 1.82) is 0 Å². The molecule has 3 nitrogen and oxygen atoms in total. The van der Waals surface area contributed by atoms with E-state index in [1.165, 1.54) is 0 Å². The maximum Gasteiger partial charge on any atom is 0.153 e. The van der Waals surface area contributed by atoms with Crippen LogP contribution in [0.1, 0.15) is 11.4 Å². The molecule has 52 valence electrons. The predicted molar refractivity (Wildman–Crippen MR) is 41.3 cm³/mol. The van der Waals surface area contributed by atoms with Crippen molar-refractivity contribution in [2.24, 2.45) is 0 Å². The van der Waals surface area contributed by atoms with Crippen LogP contribution in [0.25, 0.3) is 6.08 Å². The highest BCUT2D eigenvalue weighted by Gasteiger charge is 1.94. The molecule has 0 saturated carbocycles. The van der Waals surface area contributed by atoms with E-state index >= 15 is 0 Å². The first kappa shape index (κ1) is 6.74. The SMILES string of the molecule is C=Cc1ncc(C)c(N)n1. The molecule has 10 heavy (non-hydrogen) atoms. The van der Waals surface area contributed by atoms with Crippen molar-refractivity contribution in [3.63, 3.8) is 0 Å². The van der Waals surface area contributed by atoms with E-state index in [0.29, 0.717) is 11.6 Å². The van der Waals surface area contributed by atoms with Gasteiger partial charge in [-0.25, -0.2) is 9.97 Å². The molecule has 0 fully saturated rings. The highest BCUT2D eigenvalue weighted by atomic mass is 14.9. The third-order valence-electron chi connectivity index (χ3n) is 1.21. The van der Waals surface area contributed by atoms with Crippen LogP contribution in [-0.2, 0) is 0 Å². The van der Waals surface area contributed by atoms with Crippen molar-refractivity contribution in [2.75, 3.05) is 5.73 Å². The van der Waals surface area contributed by atoms with Gasteiger partial charge in [-0.2, -0.15) is 0 Å². The maximum absolute atomic E-state index is 5.50. The quantitative estimate of drug-likeness (QED) is 0.625. The van der Waals surface area contributed by atoms with Crippen LogP contribution in [0.2, 0.25) is 0 Å². The van der Waals surface area contributed by atoms with Gasteiger partial charge in [-0.05, 0) is 13.0 Å². The third kappa shape index (κ3) is 1.13. The van der Waals surface area contributed by atoms with Gasteiger partial charge in [0.25, 0.3) is 0 Å². The van der Waals surface area contributed by atoms with Crippen molar-refractivity contribution < 1.29 is 0 Å². The molecule has 0 spiro atoms. The Kier molecular flexibility index (Phi) is 1.67. The second-order valence-electron chi connectivity index (χ2n) is 2.00. The lowest BCUT2D eigenvalue weighted by Crippen LogP contribution is -1.97. The molecule has 1 aromatic heterocycles. The molecule has 3 heteroatoms. The largest absolute Gasteiger partial charge is 0.383 e. The summed E-state index contributed by atoms with van der Waals surface area (Å²) in [6.45, 7) is 5.38. The summed E-state index contributed by atoms with van der Waals surface area (Å²) in [5, 5.41) is 0. The summed E-state index contributed by atoms with van der Waals surface area (Å²) < 4.78 is 0. The third-order valence-corrected chi connectivity index (χ3v) is 1.21. The highest BCUT2D eigenvalue weighted by Crippen LogP contribution is 2.04. The first-order valence-electron chi connectivity index (χ1n) is 2.95. The fraction of sp³-hybridized carbons (Fsp3) is 0.143. The summed E-state index contributed by atoms with van der Waals surface area (Å²) in [5.41, 5.74) is 6.39. The summed E-state index contributed by atoms with van der Waals surface area (Å²) in [6, 6.07) is 0. The summed E-state index contributed by atoms with van der Waals surface area (Å²) in [6.07, 6.45) is 3.25. The molecule has 0 aliphatic rings. The molecule has 2 N–H and O–H groups in total. The van der Waals surface area contributed by atoms with E-state index in [9.17, 15) is 0 Å². The molecule has 0 saturated heterocycles. The molecule has 0 atom stereocenters. The zero-order chi connectivity index (χ0) is 7.56. The van der Waals surface area contributed by atoms with E-state index in [2.05, 4.69) is 16.5 Å². The Morgan fingerprint density at radius 1 is 1.70 bits per heavy atom. The van der Waals surface area contributed by atoms with Gasteiger partial charge in [-0.3, -0.25) is 0 Å². The van der Waals surface area contributed by atoms with Crippen LogP contribution < -0.4 is 5.73 Å². The summed E-state index contributed by atoms with van der Waals surface area (Å²) in [7, 11) is 0. The van der Waals surface area contributed by atoms with Gasteiger partial charge in [0.05, 0.1) is 0 Å². The molecular weight excluding hydrogens is 126 g/mol. The van der Waals surface area contributed by atoms with Crippen LogP contribution in [0.15, 0.2) is 12.8 Å². The smallest absolute Gasteiger partial charge is 0.153 e. The molecule has 1 aromatic rings. The van der Waals surface area contributed by atoms with Crippen LogP contribution >= 0.6 is 0 Å². The zero-order valence-electron chi connectivity index (χ0n) is 5.83. The maximum atomic E-state index is 5.50. The van der Waals surface area contributed by atoms with Gasteiger partial charge in [-0.1, -0.05) is 6.58 Å². The fourth-order valence-electron chi connectivity index (χ4n) is 0.568. The number of nitrogens with zero attached hydrogens (tertiary/aromatic N) is 2. The van der Waals surface area contributed by atoms with Gasteiger partial charge in [0.2, 0.25) is 0 Å². The van der Waals surface area contributed by atoms with Gasteiger partial charge >= 0.3 is 0 Å². The first-order chi connectivity index (χ1) is 4.74. The highest BCUT2D eigenvalue weighted by molar-refractivity contribution is 5.43. The summed E-state index contributed by atoms with van der Waals surface area (Å²) in [5.74, 6) is 1.09. The van der Waals surface area contributed by atoms with Gasteiger partial charge in [0, 0.05) is 11.8 Å². The lowest BCUT2D eigenvalue weighted by Gasteiger charge is -1.97. The van der Waals surface area contributed by atoms with E-state index in [-0.39, 0.29) is 0 Å². The number of rotatable bonds is 1. The molecule has 1 heterocycles. The molecular formula is C7H9N3. The molecule has 1 rings (SSSR count). The number of aromatic nitrogens is 2. The van der Waals surface area contributed by atoms with Crippen molar-refractivity contribution in [3.8, 4) is 0 Å². The Labute approximate surface area is 59.6 Å². The Balaban J connectivity index is 3.16. The Morgan fingerprint density at radius 2 is 2.40 bits per heavy atom. The number of nitrogens with two attached hydrogens (primary N) is 1. The van der Waals surface area contributed by atoms with E-state index < -0.39 is 0 Å². The van der Waals surface area contributed by atoms with Gasteiger partial charge in [-0.15, -0.1) is 0 Å². The van der Waals surface area contributed by atoms with Crippen molar-refractivity contribution in [3.05, 3.63) is 24.2 Å². The molecule has 0 amide bonds. The van der Waals surface area contributed by atoms with Crippen molar-refractivity contribution in [2.45, 2.75) is 6.92 Å². The number of nitrogen functional groups attached to an aromatic ring is 1. The lowest BCUT2D eigenvalue weighted by atomic mass is 10.3. The topological polar surface area (TPSA) is 51.8 Å². The Bertz CT molecular complexity index is 255. The van der Waals surface area contributed by atoms with Crippen LogP contribution in [-0.4, -0.2) is 9.97 Å². The predicted octanol–water partition coefficient (Wildman–Crippen LogP) is 1.01. The molecule has 0 unspecified atom stereocenters. The minimum Gasteiger partial charge on any atom is -0.383 e. The summed E-state index contributed by atoms with van der Waals surface area (Å²) in [4.78, 5) is 7.89. The lowest BCUT2D eigenvalue weighted by molar-refractivity contribution is 1.11. The molecule has 0 radical (unpaired) electrons. The monoisotopic (exact) mass is 135 g/mol. The average molecular weight is 135 g/mol. The number of hydrogen-bond acceptors (Lipinski definition) is 3. The van der Waals surface area contributed by atoms with Crippen molar-refractivity contribution in [1.82, 2.24) is 9.97 Å².